The van der Waals surface area contributed by atoms with Crippen molar-refractivity contribution < 1.29 is 34.9 Å². The minimum atomic E-state index is -2.69. The molecule has 0 fully saturated rings. The summed E-state index contributed by atoms with van der Waals surface area (Å²) >= 11 is -1.000. The first-order chi connectivity index (χ1) is 10.1. The van der Waals surface area contributed by atoms with Crippen LogP contribution in [0.15, 0.2) is 36.4 Å². The van der Waals surface area contributed by atoms with Gasteiger partial charge in [-0.3, -0.25) is 0 Å². The topological polar surface area (TPSA) is 50.9 Å². The fourth-order valence-corrected chi connectivity index (χ4v) is 3.33. The van der Waals surface area contributed by atoms with Gasteiger partial charge >= 0.3 is 130 Å². The van der Waals surface area contributed by atoms with E-state index in [9.17, 15) is 13.9 Å². The molecular weight excluding hydrogens is 390 g/mol. The molecule has 1 N–H and O–H groups in total. The predicted octanol–water partition coefficient (Wildman–Crippen LogP) is -0.459. The maximum absolute atomic E-state index is 13.2. The molecule has 0 saturated carbocycles. The van der Waals surface area contributed by atoms with Gasteiger partial charge in [-0.25, -0.2) is 0 Å². The Labute approximate surface area is 130 Å². The van der Waals surface area contributed by atoms with Crippen molar-refractivity contribution >= 4 is 16.7 Å². The fraction of sp³-hybridized carbons (Fsp3) is 0.0769. The summed E-state index contributed by atoms with van der Waals surface area (Å²) in [6, 6.07) is 9.58. The molecule has 106 valence electrons. The summed E-state index contributed by atoms with van der Waals surface area (Å²) in [6.07, 6.45) is 0. The van der Waals surface area contributed by atoms with E-state index >= 15 is 0 Å². The Balaban J connectivity index is 2.24. The number of phenols is 1. The summed E-state index contributed by atoms with van der Waals surface area (Å²) in [5.41, 5.74) is 7.00. The van der Waals surface area contributed by atoms with Crippen LogP contribution >= 0.6 is 0 Å². The summed E-state index contributed by atoms with van der Waals surface area (Å²) in [5.74, 6) is 0.0211. The van der Waals surface area contributed by atoms with E-state index in [4.69, 9.17) is 5.70 Å². The van der Waals surface area contributed by atoms with Crippen molar-refractivity contribution in [2.45, 2.75) is 6.55 Å². The SMILES string of the molecule is [B][I-]c1cc2nnc(-c3ccccc3O)cc2n1C(F)F. The number of hydrogen-bond donors (Lipinski definition) is 1. The molecule has 21 heavy (non-hydrogen) atoms. The number of phenolic OH excluding ortho intramolecular Hbond substituents is 1. The third kappa shape index (κ3) is 2.48. The molecule has 1 aromatic carbocycles. The third-order valence-corrected chi connectivity index (χ3v) is 4.50. The quantitative estimate of drug-likeness (QED) is 0.480. The fourth-order valence-electron chi connectivity index (χ4n) is 2.09. The van der Waals surface area contributed by atoms with Crippen LogP contribution in [0.5, 0.6) is 5.75 Å². The van der Waals surface area contributed by atoms with Gasteiger partial charge in [0.1, 0.15) is 0 Å². The van der Waals surface area contributed by atoms with E-state index < -0.39 is 27.5 Å². The van der Waals surface area contributed by atoms with Crippen LogP contribution in [0, 0.1) is 3.70 Å². The van der Waals surface area contributed by atoms with Gasteiger partial charge in [0.05, 0.1) is 0 Å². The number of halogens is 3. The molecule has 2 aromatic heterocycles. The Bertz CT molecular complexity index is 809. The zero-order valence-electron chi connectivity index (χ0n) is 10.5. The Hall–Kier alpha value is -1.71. The van der Waals surface area contributed by atoms with E-state index in [1.54, 1.807) is 18.2 Å². The van der Waals surface area contributed by atoms with Crippen LogP contribution < -0.4 is 21.0 Å². The van der Waals surface area contributed by atoms with Gasteiger partial charge in [0.15, 0.2) is 0 Å². The second-order valence-corrected chi connectivity index (χ2v) is 5.97. The molecule has 0 atom stereocenters. The second kappa shape index (κ2) is 5.59. The van der Waals surface area contributed by atoms with Crippen molar-refractivity contribution in [3.05, 3.63) is 40.1 Å². The molecule has 8 heteroatoms. The van der Waals surface area contributed by atoms with E-state index in [2.05, 4.69) is 10.2 Å². The number of fused-ring (bicyclic) bond motifs is 1. The van der Waals surface area contributed by atoms with E-state index in [1.807, 2.05) is 0 Å². The van der Waals surface area contributed by atoms with Gasteiger partial charge in [-0.15, -0.1) is 0 Å². The molecule has 0 bridgehead atoms. The minimum absolute atomic E-state index is 0.0211. The van der Waals surface area contributed by atoms with Gasteiger partial charge in [-0.2, -0.15) is 0 Å². The van der Waals surface area contributed by atoms with Gasteiger partial charge < -0.3 is 0 Å². The van der Waals surface area contributed by atoms with Crippen molar-refractivity contribution in [2.75, 3.05) is 0 Å². The normalized spacial score (nSPS) is 11.6. The van der Waals surface area contributed by atoms with Crippen LogP contribution in [0.25, 0.3) is 22.3 Å². The predicted molar refractivity (Wildman–Crippen MR) is 70.3 cm³/mol. The Morgan fingerprint density at radius 1 is 1.19 bits per heavy atom. The summed E-state index contributed by atoms with van der Waals surface area (Å²) in [6.45, 7) is -2.69. The number of alkyl halides is 2. The summed E-state index contributed by atoms with van der Waals surface area (Å²) in [7, 11) is 0. The van der Waals surface area contributed by atoms with Crippen LogP contribution in [0.1, 0.15) is 6.55 Å². The van der Waals surface area contributed by atoms with Gasteiger partial charge in [0, 0.05) is 0 Å². The van der Waals surface area contributed by atoms with Crippen molar-refractivity contribution in [1.82, 2.24) is 14.8 Å². The van der Waals surface area contributed by atoms with Crippen LogP contribution in [0.4, 0.5) is 8.78 Å². The van der Waals surface area contributed by atoms with Gasteiger partial charge in [-0.05, 0) is 0 Å². The molecule has 0 aliphatic heterocycles. The first-order valence-electron chi connectivity index (χ1n) is 5.90. The van der Waals surface area contributed by atoms with Crippen molar-refractivity contribution in [1.29, 1.82) is 0 Å². The number of aromatic nitrogens is 3. The zero-order valence-corrected chi connectivity index (χ0v) is 12.7. The number of para-hydroxylation sites is 1. The molecule has 0 aliphatic rings. The number of rotatable bonds is 3. The van der Waals surface area contributed by atoms with Crippen LogP contribution in [-0.4, -0.2) is 25.6 Å². The average molecular weight is 398 g/mol. The molecule has 0 unspecified atom stereocenters. The van der Waals surface area contributed by atoms with Crippen molar-refractivity contribution in [3.63, 3.8) is 0 Å². The molecule has 0 saturated heterocycles. The first kappa shape index (κ1) is 14.2. The zero-order chi connectivity index (χ0) is 15.0. The van der Waals surface area contributed by atoms with Gasteiger partial charge in [0.2, 0.25) is 0 Å². The van der Waals surface area contributed by atoms with Crippen molar-refractivity contribution in [3.8, 4) is 17.0 Å². The summed E-state index contributed by atoms with van der Waals surface area (Å²) in [5, 5.41) is 17.8. The second-order valence-electron chi connectivity index (χ2n) is 4.24. The maximum atomic E-state index is 13.2. The number of hydrogen-bond acceptors (Lipinski definition) is 3. The van der Waals surface area contributed by atoms with E-state index in [1.165, 1.54) is 18.2 Å². The van der Waals surface area contributed by atoms with Gasteiger partial charge in [0.25, 0.3) is 0 Å². The Morgan fingerprint density at radius 2 is 1.95 bits per heavy atom. The number of nitrogens with zero attached hydrogens (tertiary/aromatic N) is 3. The summed E-state index contributed by atoms with van der Waals surface area (Å²) in [4.78, 5) is 0. The molecule has 3 aromatic rings. The molecule has 0 aliphatic carbocycles. The molecule has 4 nitrogen and oxygen atoms in total. The third-order valence-electron chi connectivity index (χ3n) is 3.03. The van der Waals surface area contributed by atoms with E-state index in [0.717, 1.165) is 4.57 Å². The molecule has 2 radical (unpaired) electrons. The summed E-state index contributed by atoms with van der Waals surface area (Å²) < 4.78 is 27.7. The molecule has 3 rings (SSSR count). The van der Waals surface area contributed by atoms with Crippen LogP contribution in [0.3, 0.4) is 0 Å². The van der Waals surface area contributed by atoms with E-state index in [0.29, 0.717) is 20.5 Å². The Kier molecular flexibility index (Phi) is 3.79. The molecule has 0 spiro atoms. The molecular formula is C13H8BF2IN3O-. The monoisotopic (exact) mass is 398 g/mol. The van der Waals surface area contributed by atoms with Gasteiger partial charge in [-0.1, -0.05) is 0 Å². The number of aromatic hydroxyl groups is 1. The first-order valence-corrected chi connectivity index (χ1v) is 8.23. The Morgan fingerprint density at radius 3 is 2.62 bits per heavy atom. The van der Waals surface area contributed by atoms with E-state index in [-0.39, 0.29) is 11.3 Å². The van der Waals surface area contributed by atoms with Crippen molar-refractivity contribution in [2.24, 2.45) is 0 Å². The van der Waals surface area contributed by atoms with Crippen LogP contribution in [0.2, 0.25) is 0 Å². The molecule has 2 heterocycles. The number of benzene rings is 1. The average Bonchev–Trinajstić information content (AvgIpc) is 2.85. The van der Waals surface area contributed by atoms with Crippen LogP contribution in [-0.2, 0) is 0 Å². The molecule has 0 amide bonds. The standard InChI is InChI=1S/C13H8BF2IN3O/c14-17-12-6-9-10(20(12)13(15)16)5-8(18-19-9)7-3-1-2-4-11(7)21/h1-6,13,21H/q-1.